The van der Waals surface area contributed by atoms with Crippen LogP contribution in [-0.4, -0.2) is 13.1 Å². The van der Waals surface area contributed by atoms with Crippen LogP contribution < -0.4 is 0 Å². The summed E-state index contributed by atoms with van der Waals surface area (Å²) in [6, 6.07) is 1.85. The van der Waals surface area contributed by atoms with Crippen LogP contribution in [0.4, 0.5) is 0 Å². The molecular formula is C11H10CrO5S. The Labute approximate surface area is 120 Å². The van der Waals surface area contributed by atoms with Crippen molar-refractivity contribution in [2.24, 2.45) is 0 Å². The van der Waals surface area contributed by atoms with Gasteiger partial charge in [-0.15, -0.1) is 11.3 Å². The fraction of sp³-hybridized carbons (Fsp3) is 0.273. The summed E-state index contributed by atoms with van der Waals surface area (Å²) in [5.74, 6) is -0.244. The molecule has 0 atom stereocenters. The normalized spacial score (nSPS) is 6.28. The molecule has 0 aliphatic carbocycles. The van der Waals surface area contributed by atoms with Crippen molar-refractivity contribution in [2.45, 2.75) is 13.8 Å². The summed E-state index contributed by atoms with van der Waals surface area (Å²) >= 11 is 1.47. The van der Waals surface area contributed by atoms with E-state index >= 15 is 0 Å². The van der Waals surface area contributed by atoms with Crippen LogP contribution in [0, 0.1) is 33.8 Å². The fourth-order valence-corrected chi connectivity index (χ4v) is 1.73. The van der Waals surface area contributed by atoms with Crippen LogP contribution in [0.3, 0.4) is 0 Å². The summed E-state index contributed by atoms with van der Waals surface area (Å²) in [6.45, 7) is 17.5. The second-order valence-corrected chi connectivity index (χ2v) is 3.60. The molecule has 0 radical (unpaired) electrons. The van der Waals surface area contributed by atoms with Gasteiger partial charge in [-0.1, -0.05) is 0 Å². The zero-order valence-electron chi connectivity index (χ0n) is 9.94. The maximum absolute atomic E-state index is 11.0. The number of esters is 1. The van der Waals surface area contributed by atoms with Crippen molar-refractivity contribution in [3.8, 4) is 0 Å². The molecule has 1 rings (SSSR count). The van der Waals surface area contributed by atoms with E-state index in [0.29, 0.717) is 4.88 Å². The van der Waals surface area contributed by atoms with Gasteiger partial charge in [-0.2, -0.15) is 0 Å². The Morgan fingerprint density at radius 2 is 1.56 bits per heavy atom. The standard InChI is InChI=1S/C8H10O2S.3CO.Cr/c1-5-4-7(8(9)10-3)11-6(5)2;3*1-2;/h4H,1-3H3;;;;. The maximum Gasteiger partial charge on any atom is 0 e. The summed E-state index contributed by atoms with van der Waals surface area (Å²) in [7, 11) is 1.40. The van der Waals surface area contributed by atoms with E-state index in [9.17, 15) is 4.79 Å². The topological polar surface area (TPSA) is 86.0 Å². The van der Waals surface area contributed by atoms with E-state index in [-0.39, 0.29) is 23.3 Å². The molecule has 0 aliphatic rings. The van der Waals surface area contributed by atoms with E-state index in [2.05, 4.69) is 24.7 Å². The molecule has 0 N–H and O–H groups in total. The van der Waals surface area contributed by atoms with Crippen molar-refractivity contribution >= 4 is 17.3 Å². The Bertz CT molecular complexity index is 358. The number of ether oxygens (including phenoxy) is 1. The molecule has 7 heteroatoms. The second kappa shape index (κ2) is 18.3. The van der Waals surface area contributed by atoms with E-state index < -0.39 is 0 Å². The molecule has 0 aliphatic heterocycles. The number of carbonyl (C=O) groups is 1. The third-order valence-corrected chi connectivity index (χ3v) is 2.69. The summed E-state index contributed by atoms with van der Waals surface area (Å²) in [6.07, 6.45) is 0. The second-order valence-electron chi connectivity index (χ2n) is 2.34. The molecule has 1 aromatic heterocycles. The molecule has 1 heterocycles. The van der Waals surface area contributed by atoms with Crippen LogP contribution >= 0.6 is 11.3 Å². The Kier molecular flexibility index (Phi) is 26.1. The van der Waals surface area contributed by atoms with Crippen LogP contribution in [-0.2, 0) is 36.1 Å². The van der Waals surface area contributed by atoms with E-state index in [0.717, 1.165) is 5.56 Å². The largest absolute Gasteiger partial charge is 0 e. The van der Waals surface area contributed by atoms with Gasteiger partial charge in [0.2, 0.25) is 0 Å². The summed E-state index contributed by atoms with van der Waals surface area (Å²) in [4.78, 5) is 12.8. The van der Waals surface area contributed by atoms with Gasteiger partial charge in [-0.25, -0.2) is 4.79 Å². The average molecular weight is 306 g/mol. The van der Waals surface area contributed by atoms with Crippen LogP contribution in [0.2, 0.25) is 0 Å². The number of carbonyl (C=O) groups excluding carboxylic acids is 1. The molecule has 5 nitrogen and oxygen atoms in total. The maximum atomic E-state index is 11.0. The van der Waals surface area contributed by atoms with Crippen LogP contribution in [0.5, 0.6) is 0 Å². The van der Waals surface area contributed by atoms with Gasteiger partial charge in [-0.05, 0) is 25.5 Å². The third-order valence-electron chi connectivity index (χ3n) is 1.55. The number of rotatable bonds is 1. The van der Waals surface area contributed by atoms with Gasteiger partial charge in [0.05, 0.1) is 7.11 Å². The SMILES string of the molecule is COC(=O)c1cc(C)c(C)s1.[C-]#[O+].[C-]#[O+].[C-]#[O+].[Cr]. The first-order valence-electron chi connectivity index (χ1n) is 3.91. The zero-order valence-corrected chi connectivity index (χ0v) is 12.0. The van der Waals surface area contributed by atoms with E-state index in [4.69, 9.17) is 14.0 Å². The van der Waals surface area contributed by atoms with E-state index in [1.165, 1.54) is 23.3 Å². The van der Waals surface area contributed by atoms with Gasteiger partial charge in [0.15, 0.2) is 0 Å². The van der Waals surface area contributed by atoms with Crippen LogP contribution in [0.25, 0.3) is 0 Å². The van der Waals surface area contributed by atoms with Gasteiger partial charge in [0, 0.05) is 22.2 Å². The minimum Gasteiger partial charge on any atom is 0 e. The summed E-state index contributed by atoms with van der Waals surface area (Å²) < 4.78 is 27.1. The first-order chi connectivity index (χ1) is 8.15. The predicted octanol–water partition coefficient (Wildman–Crippen LogP) is 2.04. The van der Waals surface area contributed by atoms with Crippen LogP contribution in [0.15, 0.2) is 6.07 Å². The van der Waals surface area contributed by atoms with Crippen molar-refractivity contribution in [3.05, 3.63) is 41.3 Å². The van der Waals surface area contributed by atoms with Crippen molar-refractivity contribution in [2.75, 3.05) is 7.11 Å². The molecular weight excluding hydrogens is 296 g/mol. The number of methoxy groups -OCH3 is 1. The smallest absolute Gasteiger partial charge is 0 e. The Hall–Kier alpha value is -1.08. The molecule has 1 aromatic rings. The van der Waals surface area contributed by atoms with Gasteiger partial charge < -0.3 is 4.74 Å². The van der Waals surface area contributed by atoms with Crippen LogP contribution in [0.1, 0.15) is 20.1 Å². The number of hydrogen-bond acceptors (Lipinski definition) is 3. The zero-order chi connectivity index (χ0) is 14.4. The Balaban J connectivity index is -0.000000123. The number of hydrogen-bond donors (Lipinski definition) is 0. The summed E-state index contributed by atoms with van der Waals surface area (Å²) in [5.41, 5.74) is 1.15. The number of thiophene rings is 1. The monoisotopic (exact) mass is 306 g/mol. The van der Waals surface area contributed by atoms with Crippen molar-refractivity contribution in [3.63, 3.8) is 0 Å². The van der Waals surface area contributed by atoms with Gasteiger partial charge in [0.1, 0.15) is 4.88 Å². The minimum atomic E-state index is -0.244. The molecule has 96 valence electrons. The predicted molar refractivity (Wildman–Crippen MR) is 56.9 cm³/mol. The minimum absolute atomic E-state index is 0. The van der Waals surface area contributed by atoms with Gasteiger partial charge >= 0.3 is 39.9 Å². The van der Waals surface area contributed by atoms with Gasteiger partial charge in [-0.3, -0.25) is 0 Å². The molecule has 0 saturated carbocycles. The summed E-state index contributed by atoms with van der Waals surface area (Å²) in [5, 5.41) is 0. The molecule has 0 saturated heterocycles. The Morgan fingerprint density at radius 3 is 1.78 bits per heavy atom. The van der Waals surface area contributed by atoms with E-state index in [1.54, 1.807) is 0 Å². The van der Waals surface area contributed by atoms with Crippen molar-refractivity contribution in [1.82, 2.24) is 0 Å². The molecule has 0 aromatic carbocycles. The molecule has 0 spiro atoms. The average Bonchev–Trinajstić information content (AvgIpc) is 2.76. The van der Waals surface area contributed by atoms with Gasteiger partial charge in [0.25, 0.3) is 0 Å². The molecule has 0 amide bonds. The first kappa shape index (κ1) is 25.7. The molecule has 0 bridgehead atoms. The Morgan fingerprint density at radius 1 is 1.17 bits per heavy atom. The number of aryl methyl sites for hydroxylation is 2. The molecule has 0 fully saturated rings. The quantitative estimate of drug-likeness (QED) is 0.451. The van der Waals surface area contributed by atoms with Crippen molar-refractivity contribution in [1.29, 1.82) is 0 Å². The van der Waals surface area contributed by atoms with E-state index in [1.807, 2.05) is 19.9 Å². The first-order valence-corrected chi connectivity index (χ1v) is 4.73. The molecule has 0 unspecified atom stereocenters. The van der Waals surface area contributed by atoms with Crippen molar-refractivity contribution < 1.29 is 40.8 Å². The third kappa shape index (κ3) is 10.1. The fourth-order valence-electron chi connectivity index (χ4n) is 0.774. The molecule has 18 heavy (non-hydrogen) atoms.